The highest BCUT2D eigenvalue weighted by atomic mass is 32.1. The summed E-state index contributed by atoms with van der Waals surface area (Å²) in [7, 11) is 0. The van der Waals surface area contributed by atoms with Gasteiger partial charge in [0.15, 0.2) is 5.82 Å². The zero-order chi connectivity index (χ0) is 16.8. The van der Waals surface area contributed by atoms with Gasteiger partial charge < -0.3 is 15.0 Å². The molecule has 3 rings (SSSR count). The molecule has 0 bridgehead atoms. The first-order valence-electron chi connectivity index (χ1n) is 8.31. The molecule has 0 aliphatic carbocycles. The van der Waals surface area contributed by atoms with Crippen molar-refractivity contribution in [2.24, 2.45) is 0 Å². The van der Waals surface area contributed by atoms with Gasteiger partial charge in [0.05, 0.1) is 11.5 Å². The minimum Gasteiger partial charge on any atom is -0.475 e. The zero-order valence-electron chi connectivity index (χ0n) is 13.8. The average Bonchev–Trinajstić information content (AvgIpc) is 3.16. The van der Waals surface area contributed by atoms with E-state index in [1.54, 1.807) is 12.4 Å². The fourth-order valence-corrected chi connectivity index (χ4v) is 3.40. The molecule has 1 saturated heterocycles. The van der Waals surface area contributed by atoms with Gasteiger partial charge in [-0.25, -0.2) is 9.97 Å². The average molecular weight is 346 g/mol. The van der Waals surface area contributed by atoms with Crippen LogP contribution in [0.15, 0.2) is 29.9 Å². The maximum atomic E-state index is 12.4. The molecule has 0 atom stereocenters. The highest BCUT2D eigenvalue weighted by Gasteiger charge is 2.25. The van der Waals surface area contributed by atoms with Crippen molar-refractivity contribution < 1.29 is 9.53 Å². The Morgan fingerprint density at radius 1 is 1.38 bits per heavy atom. The number of anilines is 1. The second kappa shape index (κ2) is 8.10. The summed E-state index contributed by atoms with van der Waals surface area (Å²) in [6.45, 7) is 4.19. The molecule has 0 aromatic carbocycles. The second-order valence-electron chi connectivity index (χ2n) is 5.75. The van der Waals surface area contributed by atoms with Gasteiger partial charge in [0, 0.05) is 31.5 Å². The number of thiophene rings is 1. The van der Waals surface area contributed by atoms with Gasteiger partial charge in [-0.3, -0.25) is 4.79 Å². The summed E-state index contributed by atoms with van der Waals surface area (Å²) in [6, 6.07) is 4.07. The van der Waals surface area contributed by atoms with Crippen molar-refractivity contribution in [1.82, 2.24) is 14.9 Å². The normalized spacial score (nSPS) is 15.3. The molecule has 128 valence electrons. The van der Waals surface area contributed by atoms with Gasteiger partial charge in [0.1, 0.15) is 0 Å². The fourth-order valence-electron chi connectivity index (χ4n) is 2.70. The van der Waals surface area contributed by atoms with Gasteiger partial charge >= 0.3 is 0 Å². The number of piperidine rings is 1. The van der Waals surface area contributed by atoms with Gasteiger partial charge in [0.25, 0.3) is 11.8 Å². The summed E-state index contributed by atoms with van der Waals surface area (Å²) < 4.78 is 5.64. The van der Waals surface area contributed by atoms with Crippen LogP contribution in [0.5, 0.6) is 5.88 Å². The molecule has 2 aromatic heterocycles. The van der Waals surface area contributed by atoms with Crippen molar-refractivity contribution in [3.05, 3.63) is 34.8 Å². The number of rotatable bonds is 6. The summed E-state index contributed by atoms with van der Waals surface area (Å²) in [5, 5.41) is 5.36. The fraction of sp³-hybridized carbons (Fsp3) is 0.471. The summed E-state index contributed by atoms with van der Waals surface area (Å²) in [5.41, 5.74) is 0. The standard InChI is InChI=1S/C17H22N4O2S/c1-2-11-23-16-15(18-7-8-19-16)20-13-5-9-21(10-6-13)17(22)14-4-3-12-24-14/h3-4,7-8,12-13H,2,5-6,9-11H2,1H3,(H,18,20). The number of likely N-dealkylation sites (tertiary alicyclic amines) is 1. The zero-order valence-corrected chi connectivity index (χ0v) is 14.6. The third-order valence-corrected chi connectivity index (χ3v) is 4.82. The van der Waals surface area contributed by atoms with Crippen LogP contribution in [-0.4, -0.2) is 46.5 Å². The Bertz CT molecular complexity index is 654. The molecular weight excluding hydrogens is 324 g/mol. The van der Waals surface area contributed by atoms with Crippen molar-refractivity contribution in [3.63, 3.8) is 0 Å². The number of hydrogen-bond donors (Lipinski definition) is 1. The van der Waals surface area contributed by atoms with Crippen molar-refractivity contribution in [3.8, 4) is 5.88 Å². The monoisotopic (exact) mass is 346 g/mol. The predicted octanol–water partition coefficient (Wildman–Crippen LogP) is 3.04. The maximum absolute atomic E-state index is 12.4. The molecule has 24 heavy (non-hydrogen) atoms. The van der Waals surface area contributed by atoms with Crippen molar-refractivity contribution >= 4 is 23.1 Å². The highest BCUT2D eigenvalue weighted by molar-refractivity contribution is 7.12. The molecule has 2 aromatic rings. The number of carbonyl (C=O) groups excluding carboxylic acids is 1. The minimum atomic E-state index is 0.134. The molecule has 3 heterocycles. The molecule has 1 amide bonds. The quantitative estimate of drug-likeness (QED) is 0.871. The summed E-state index contributed by atoms with van der Waals surface area (Å²) >= 11 is 1.50. The van der Waals surface area contributed by atoms with Crippen LogP contribution in [0, 0.1) is 0 Å². The van der Waals surface area contributed by atoms with Gasteiger partial charge in [-0.05, 0) is 30.7 Å². The van der Waals surface area contributed by atoms with Crippen LogP contribution in [-0.2, 0) is 0 Å². The molecule has 0 saturated carbocycles. The lowest BCUT2D eigenvalue weighted by molar-refractivity contribution is 0.0723. The first-order chi connectivity index (χ1) is 11.8. The van der Waals surface area contributed by atoms with Crippen LogP contribution in [0.1, 0.15) is 35.9 Å². The van der Waals surface area contributed by atoms with Crippen molar-refractivity contribution in [2.45, 2.75) is 32.2 Å². The minimum absolute atomic E-state index is 0.134. The lowest BCUT2D eigenvalue weighted by atomic mass is 10.0. The van der Waals surface area contributed by atoms with E-state index in [1.807, 2.05) is 22.4 Å². The maximum Gasteiger partial charge on any atom is 0.263 e. The molecule has 1 N–H and O–H groups in total. The smallest absolute Gasteiger partial charge is 0.263 e. The first-order valence-corrected chi connectivity index (χ1v) is 9.19. The third-order valence-electron chi connectivity index (χ3n) is 3.96. The number of hydrogen-bond acceptors (Lipinski definition) is 6. The van der Waals surface area contributed by atoms with Crippen LogP contribution in [0.3, 0.4) is 0 Å². The van der Waals surface area contributed by atoms with Gasteiger partial charge in [-0.1, -0.05) is 13.0 Å². The van der Waals surface area contributed by atoms with Crippen LogP contribution in [0.25, 0.3) is 0 Å². The number of carbonyl (C=O) groups is 1. The number of aromatic nitrogens is 2. The van der Waals surface area contributed by atoms with E-state index >= 15 is 0 Å². The van der Waals surface area contributed by atoms with E-state index in [0.29, 0.717) is 18.3 Å². The lowest BCUT2D eigenvalue weighted by Crippen LogP contribution is -2.42. The second-order valence-corrected chi connectivity index (χ2v) is 6.69. The Morgan fingerprint density at radius 3 is 2.88 bits per heavy atom. The van der Waals surface area contributed by atoms with E-state index in [-0.39, 0.29) is 11.9 Å². The van der Waals surface area contributed by atoms with Gasteiger partial charge in [-0.2, -0.15) is 0 Å². The van der Waals surface area contributed by atoms with E-state index in [4.69, 9.17) is 4.74 Å². The van der Waals surface area contributed by atoms with Crippen molar-refractivity contribution in [1.29, 1.82) is 0 Å². The number of ether oxygens (including phenoxy) is 1. The van der Waals surface area contributed by atoms with Crippen LogP contribution >= 0.6 is 11.3 Å². The molecular formula is C17H22N4O2S. The van der Waals surface area contributed by atoms with E-state index in [1.165, 1.54) is 11.3 Å². The van der Waals surface area contributed by atoms with Crippen LogP contribution in [0.4, 0.5) is 5.82 Å². The SMILES string of the molecule is CCCOc1nccnc1NC1CCN(C(=O)c2cccs2)CC1. The van der Waals surface area contributed by atoms with Crippen molar-refractivity contribution in [2.75, 3.05) is 25.0 Å². The molecule has 0 spiro atoms. The molecule has 0 radical (unpaired) electrons. The molecule has 1 fully saturated rings. The largest absolute Gasteiger partial charge is 0.475 e. The Hall–Kier alpha value is -2.15. The van der Waals surface area contributed by atoms with Crippen LogP contribution in [0.2, 0.25) is 0 Å². The molecule has 0 unspecified atom stereocenters. The number of nitrogens with one attached hydrogen (secondary N) is 1. The summed E-state index contributed by atoms with van der Waals surface area (Å²) in [5.74, 6) is 1.38. The molecule has 1 aliphatic rings. The summed E-state index contributed by atoms with van der Waals surface area (Å²) in [4.78, 5) is 23.7. The highest BCUT2D eigenvalue weighted by Crippen LogP contribution is 2.23. The number of nitrogens with zero attached hydrogens (tertiary/aromatic N) is 3. The molecule has 1 aliphatic heterocycles. The molecule has 7 heteroatoms. The van der Waals surface area contributed by atoms with E-state index in [0.717, 1.165) is 37.2 Å². The van der Waals surface area contributed by atoms with E-state index in [2.05, 4.69) is 22.2 Å². The molecule has 6 nitrogen and oxygen atoms in total. The Balaban J connectivity index is 1.55. The van der Waals surface area contributed by atoms with Crippen LogP contribution < -0.4 is 10.1 Å². The number of amides is 1. The van der Waals surface area contributed by atoms with E-state index < -0.39 is 0 Å². The summed E-state index contributed by atoms with van der Waals surface area (Å²) in [6.07, 6.45) is 6.01. The first kappa shape index (κ1) is 16.7. The van der Waals surface area contributed by atoms with E-state index in [9.17, 15) is 4.79 Å². The topological polar surface area (TPSA) is 67.4 Å². The van der Waals surface area contributed by atoms with Gasteiger partial charge in [-0.15, -0.1) is 11.3 Å². The lowest BCUT2D eigenvalue weighted by Gasteiger charge is -2.32. The third kappa shape index (κ3) is 4.03. The Morgan fingerprint density at radius 2 is 2.17 bits per heavy atom. The predicted molar refractivity (Wildman–Crippen MR) is 94.7 cm³/mol. The van der Waals surface area contributed by atoms with Gasteiger partial charge in [0.2, 0.25) is 0 Å². The Labute approximate surface area is 145 Å². The Kier molecular flexibility index (Phi) is 5.63.